The van der Waals surface area contributed by atoms with Crippen LogP contribution in [0.1, 0.15) is 6.42 Å². The van der Waals surface area contributed by atoms with Gasteiger partial charge in [0.1, 0.15) is 0 Å². The molecule has 0 aliphatic carbocycles. The van der Waals surface area contributed by atoms with Crippen molar-refractivity contribution in [1.29, 1.82) is 0 Å². The van der Waals surface area contributed by atoms with Gasteiger partial charge in [-0.1, -0.05) is 6.08 Å². The van der Waals surface area contributed by atoms with Gasteiger partial charge >= 0.3 is 0 Å². The Morgan fingerprint density at radius 2 is 2.09 bits per heavy atom. The molecule has 1 aliphatic rings. The van der Waals surface area contributed by atoms with E-state index in [4.69, 9.17) is 0 Å². The van der Waals surface area contributed by atoms with Gasteiger partial charge in [0, 0.05) is 41.9 Å². The van der Waals surface area contributed by atoms with Crippen molar-refractivity contribution in [2.45, 2.75) is 6.42 Å². The Morgan fingerprint density at radius 3 is 2.64 bits per heavy atom. The van der Waals surface area contributed by atoms with Crippen LogP contribution in [0.4, 0.5) is 0 Å². The number of nitrogens with zero attached hydrogens (tertiary/aromatic N) is 1. The van der Waals surface area contributed by atoms with Crippen molar-refractivity contribution >= 4 is 10.8 Å². The Labute approximate surface area is 70.7 Å². The number of hydrogen-bond donors (Lipinski definition) is 0. The molecule has 1 saturated heterocycles. The third-order valence-corrected chi connectivity index (χ3v) is 3.20. The second kappa shape index (κ2) is 4.67. The van der Waals surface area contributed by atoms with Gasteiger partial charge in [-0.2, -0.15) is 0 Å². The summed E-state index contributed by atoms with van der Waals surface area (Å²) in [4.78, 5) is 2.35. The third-order valence-electron chi connectivity index (χ3n) is 1.92. The molecule has 0 unspecified atom stereocenters. The van der Waals surface area contributed by atoms with Gasteiger partial charge in [0.05, 0.1) is 0 Å². The van der Waals surface area contributed by atoms with E-state index in [0.29, 0.717) is 0 Å². The number of rotatable bonds is 3. The second-order valence-electron chi connectivity index (χ2n) is 2.77. The molecular formula is C8H15NOS. The highest BCUT2D eigenvalue weighted by atomic mass is 32.2. The Kier molecular flexibility index (Phi) is 3.80. The predicted molar refractivity (Wildman–Crippen MR) is 49.1 cm³/mol. The summed E-state index contributed by atoms with van der Waals surface area (Å²) in [5.41, 5.74) is 0. The standard InChI is InChI=1S/C8H15NOS/c1-2-3-4-9-5-7-11(10)8-6-9/h2H,1,3-8H2. The van der Waals surface area contributed by atoms with Crippen LogP contribution in [-0.4, -0.2) is 40.2 Å². The molecule has 2 nitrogen and oxygen atoms in total. The zero-order valence-corrected chi connectivity index (χ0v) is 7.61. The zero-order chi connectivity index (χ0) is 8.10. The van der Waals surface area contributed by atoms with Crippen LogP contribution >= 0.6 is 0 Å². The monoisotopic (exact) mass is 173 g/mol. The van der Waals surface area contributed by atoms with Crippen molar-refractivity contribution < 1.29 is 4.21 Å². The maximum atomic E-state index is 10.9. The van der Waals surface area contributed by atoms with Crippen molar-refractivity contribution in [2.24, 2.45) is 0 Å². The molecule has 0 aromatic rings. The fourth-order valence-corrected chi connectivity index (χ4v) is 2.30. The molecule has 0 N–H and O–H groups in total. The highest BCUT2D eigenvalue weighted by Gasteiger charge is 2.13. The molecule has 0 spiro atoms. The molecule has 64 valence electrons. The normalized spacial score (nSPS) is 21.8. The first-order chi connectivity index (χ1) is 5.33. The highest BCUT2D eigenvalue weighted by molar-refractivity contribution is 7.85. The van der Waals surface area contributed by atoms with E-state index in [1.54, 1.807) is 0 Å². The summed E-state index contributed by atoms with van der Waals surface area (Å²) >= 11 is 0. The molecule has 1 heterocycles. The fraction of sp³-hybridized carbons (Fsp3) is 0.750. The van der Waals surface area contributed by atoms with E-state index in [0.717, 1.165) is 37.6 Å². The molecule has 11 heavy (non-hydrogen) atoms. The summed E-state index contributed by atoms with van der Waals surface area (Å²) in [6, 6.07) is 0. The van der Waals surface area contributed by atoms with Gasteiger partial charge < -0.3 is 4.90 Å². The lowest BCUT2D eigenvalue weighted by Gasteiger charge is -2.25. The van der Waals surface area contributed by atoms with Crippen LogP contribution in [0, 0.1) is 0 Å². The molecule has 0 bridgehead atoms. The molecule has 1 fully saturated rings. The topological polar surface area (TPSA) is 20.3 Å². The molecule has 0 aromatic carbocycles. The summed E-state index contributed by atoms with van der Waals surface area (Å²) in [6.45, 7) is 6.76. The molecule has 3 heteroatoms. The molecule has 1 rings (SSSR count). The molecule has 0 saturated carbocycles. The lowest BCUT2D eigenvalue weighted by molar-refractivity contribution is 0.305. The average molecular weight is 173 g/mol. The lowest BCUT2D eigenvalue weighted by atomic mass is 10.3. The Balaban J connectivity index is 2.16. The van der Waals surface area contributed by atoms with Crippen molar-refractivity contribution in [3.8, 4) is 0 Å². The number of hydrogen-bond acceptors (Lipinski definition) is 2. The summed E-state index contributed by atoms with van der Waals surface area (Å²) in [6.07, 6.45) is 2.98. The minimum atomic E-state index is -0.534. The summed E-state index contributed by atoms with van der Waals surface area (Å²) in [7, 11) is -0.534. The second-order valence-corrected chi connectivity index (χ2v) is 4.46. The van der Waals surface area contributed by atoms with Crippen LogP contribution in [0.25, 0.3) is 0 Å². The van der Waals surface area contributed by atoms with Gasteiger partial charge in [0.25, 0.3) is 0 Å². The summed E-state index contributed by atoms with van der Waals surface area (Å²) in [5, 5.41) is 0. The molecular weight excluding hydrogens is 158 g/mol. The third kappa shape index (κ3) is 3.16. The maximum Gasteiger partial charge on any atom is 0.0363 e. The van der Waals surface area contributed by atoms with Crippen LogP contribution in [0.5, 0.6) is 0 Å². The Bertz CT molecular complexity index is 145. The van der Waals surface area contributed by atoms with E-state index < -0.39 is 10.8 Å². The Hall–Kier alpha value is -0.150. The van der Waals surface area contributed by atoms with Gasteiger partial charge in [0.15, 0.2) is 0 Å². The van der Waals surface area contributed by atoms with Crippen LogP contribution in [0.3, 0.4) is 0 Å². The van der Waals surface area contributed by atoms with E-state index in [-0.39, 0.29) is 0 Å². The average Bonchev–Trinajstić information content (AvgIpc) is 2.04. The molecule has 1 aliphatic heterocycles. The van der Waals surface area contributed by atoms with Gasteiger partial charge in [0.2, 0.25) is 0 Å². The smallest absolute Gasteiger partial charge is 0.0363 e. The molecule has 0 atom stereocenters. The van der Waals surface area contributed by atoms with Gasteiger partial charge in [-0.05, 0) is 6.42 Å². The first-order valence-electron chi connectivity index (χ1n) is 4.01. The van der Waals surface area contributed by atoms with E-state index in [1.165, 1.54) is 0 Å². The molecule has 0 radical (unpaired) electrons. The largest absolute Gasteiger partial charge is 0.301 e. The van der Waals surface area contributed by atoms with Gasteiger partial charge in [-0.25, -0.2) is 0 Å². The molecule has 0 amide bonds. The Morgan fingerprint density at radius 1 is 1.45 bits per heavy atom. The summed E-state index contributed by atoms with van der Waals surface area (Å²) < 4.78 is 10.9. The van der Waals surface area contributed by atoms with Crippen LogP contribution in [0.2, 0.25) is 0 Å². The quantitative estimate of drug-likeness (QED) is 0.583. The van der Waals surface area contributed by atoms with Crippen LogP contribution in [0.15, 0.2) is 12.7 Å². The maximum absolute atomic E-state index is 10.9. The van der Waals surface area contributed by atoms with Gasteiger partial charge in [-0.15, -0.1) is 6.58 Å². The first kappa shape index (κ1) is 8.94. The lowest BCUT2D eigenvalue weighted by Crippen LogP contribution is -2.38. The minimum Gasteiger partial charge on any atom is -0.301 e. The fourth-order valence-electron chi connectivity index (χ4n) is 1.17. The van der Waals surface area contributed by atoms with Crippen LogP contribution < -0.4 is 0 Å². The molecule has 0 aromatic heterocycles. The zero-order valence-electron chi connectivity index (χ0n) is 6.79. The van der Waals surface area contributed by atoms with E-state index in [9.17, 15) is 4.21 Å². The predicted octanol–water partition coefficient (Wildman–Crippen LogP) is 0.627. The van der Waals surface area contributed by atoms with Crippen molar-refractivity contribution in [3.05, 3.63) is 12.7 Å². The highest BCUT2D eigenvalue weighted by Crippen LogP contribution is 2.00. The summed E-state index contributed by atoms with van der Waals surface area (Å²) in [5.74, 6) is 1.72. The SMILES string of the molecule is C=CCCN1CCS(=O)CC1. The van der Waals surface area contributed by atoms with Crippen LogP contribution in [-0.2, 0) is 10.8 Å². The minimum absolute atomic E-state index is 0.534. The van der Waals surface area contributed by atoms with E-state index in [2.05, 4.69) is 11.5 Å². The first-order valence-corrected chi connectivity index (χ1v) is 5.50. The van der Waals surface area contributed by atoms with E-state index >= 15 is 0 Å². The van der Waals surface area contributed by atoms with E-state index in [1.807, 2.05) is 6.08 Å². The van der Waals surface area contributed by atoms with Crippen molar-refractivity contribution in [1.82, 2.24) is 4.90 Å². The van der Waals surface area contributed by atoms with Crippen molar-refractivity contribution in [2.75, 3.05) is 31.1 Å². The van der Waals surface area contributed by atoms with Gasteiger partial charge in [-0.3, -0.25) is 4.21 Å². The van der Waals surface area contributed by atoms with Crippen molar-refractivity contribution in [3.63, 3.8) is 0 Å².